The van der Waals surface area contributed by atoms with Gasteiger partial charge in [0.05, 0.1) is 0 Å². The molecule has 0 radical (unpaired) electrons. The third-order valence-electron chi connectivity index (χ3n) is 2.91. The second-order valence-corrected chi connectivity index (χ2v) is 5.44. The van der Waals surface area contributed by atoms with Crippen molar-refractivity contribution in [3.8, 4) is 0 Å². The number of benzene rings is 1. The molecule has 0 fully saturated rings. The second-order valence-electron chi connectivity index (χ2n) is 4.63. The van der Waals surface area contributed by atoms with Crippen molar-refractivity contribution in [1.29, 1.82) is 0 Å². The zero-order valence-corrected chi connectivity index (χ0v) is 12.9. The van der Waals surface area contributed by atoms with E-state index in [2.05, 4.69) is 32.7 Å². The third kappa shape index (κ3) is 3.93. The van der Waals surface area contributed by atoms with Crippen LogP contribution in [0.25, 0.3) is 0 Å². The highest BCUT2D eigenvalue weighted by Gasteiger charge is 2.10. The number of nitrogens with two attached hydrogens (primary N) is 1. The molecule has 0 aliphatic carbocycles. The fraction of sp³-hybridized carbons (Fsp3) is 0.267. The number of rotatable bonds is 5. The van der Waals surface area contributed by atoms with Crippen molar-refractivity contribution in [3.63, 3.8) is 0 Å². The Morgan fingerprint density at radius 1 is 1.25 bits per heavy atom. The third-order valence-corrected chi connectivity index (χ3v) is 3.31. The lowest BCUT2D eigenvalue weighted by atomic mass is 10.2. The first kappa shape index (κ1) is 14.8. The lowest BCUT2D eigenvalue weighted by Crippen LogP contribution is -2.24. The molecule has 2 rings (SSSR count). The standard InChI is InChI=1S/C15H17BrFN3/c1-2-7-20(10-11-3-5-12(17)6-4-11)15-9-13(18)8-14(16)19-15/h3-6,8-9H,2,7,10H2,1H3,(H2,18,19). The minimum Gasteiger partial charge on any atom is -0.399 e. The van der Waals surface area contributed by atoms with E-state index in [1.54, 1.807) is 18.2 Å². The first-order chi connectivity index (χ1) is 9.58. The molecule has 0 amide bonds. The van der Waals surface area contributed by atoms with Crippen molar-refractivity contribution in [1.82, 2.24) is 4.98 Å². The molecule has 1 aromatic carbocycles. The van der Waals surface area contributed by atoms with Crippen LogP contribution in [0.1, 0.15) is 18.9 Å². The summed E-state index contributed by atoms with van der Waals surface area (Å²) in [6.07, 6.45) is 0.995. The van der Waals surface area contributed by atoms with Crippen LogP contribution in [0.5, 0.6) is 0 Å². The molecular formula is C15H17BrFN3. The maximum absolute atomic E-state index is 13.0. The van der Waals surface area contributed by atoms with Crippen molar-refractivity contribution >= 4 is 27.4 Å². The van der Waals surface area contributed by atoms with Gasteiger partial charge in [-0.1, -0.05) is 19.1 Å². The van der Waals surface area contributed by atoms with E-state index in [1.807, 2.05) is 6.07 Å². The van der Waals surface area contributed by atoms with Gasteiger partial charge in [-0.15, -0.1) is 0 Å². The fourth-order valence-electron chi connectivity index (χ4n) is 2.02. The number of hydrogen-bond acceptors (Lipinski definition) is 3. The molecular weight excluding hydrogens is 321 g/mol. The predicted molar refractivity (Wildman–Crippen MR) is 84.1 cm³/mol. The van der Waals surface area contributed by atoms with Crippen LogP contribution in [-0.4, -0.2) is 11.5 Å². The smallest absolute Gasteiger partial charge is 0.132 e. The Labute approximate surface area is 126 Å². The average molecular weight is 338 g/mol. The number of aromatic nitrogens is 1. The first-order valence-electron chi connectivity index (χ1n) is 6.51. The molecule has 2 N–H and O–H groups in total. The first-order valence-corrected chi connectivity index (χ1v) is 7.30. The molecule has 3 nitrogen and oxygen atoms in total. The Morgan fingerprint density at radius 2 is 1.95 bits per heavy atom. The monoisotopic (exact) mass is 337 g/mol. The normalized spacial score (nSPS) is 10.6. The van der Waals surface area contributed by atoms with E-state index in [0.717, 1.165) is 24.3 Å². The van der Waals surface area contributed by atoms with Gasteiger partial charge in [0.1, 0.15) is 16.2 Å². The number of halogens is 2. The van der Waals surface area contributed by atoms with Gasteiger partial charge in [0.25, 0.3) is 0 Å². The summed E-state index contributed by atoms with van der Waals surface area (Å²) >= 11 is 3.36. The Bertz CT molecular complexity index is 552. The van der Waals surface area contributed by atoms with Crippen LogP contribution in [0.4, 0.5) is 15.9 Å². The van der Waals surface area contributed by atoms with Gasteiger partial charge in [0, 0.05) is 24.8 Å². The van der Waals surface area contributed by atoms with Gasteiger partial charge < -0.3 is 10.6 Å². The molecule has 0 spiro atoms. The summed E-state index contributed by atoms with van der Waals surface area (Å²) in [4.78, 5) is 6.59. The highest BCUT2D eigenvalue weighted by atomic mass is 79.9. The Morgan fingerprint density at radius 3 is 2.55 bits per heavy atom. The molecule has 1 aromatic heterocycles. The maximum Gasteiger partial charge on any atom is 0.132 e. The summed E-state index contributed by atoms with van der Waals surface area (Å²) in [7, 11) is 0. The van der Waals surface area contributed by atoms with Gasteiger partial charge in [-0.3, -0.25) is 0 Å². The summed E-state index contributed by atoms with van der Waals surface area (Å²) in [5, 5.41) is 0. The molecule has 106 valence electrons. The van der Waals surface area contributed by atoms with Gasteiger partial charge in [0.15, 0.2) is 0 Å². The van der Waals surface area contributed by atoms with Crippen LogP contribution < -0.4 is 10.6 Å². The number of pyridine rings is 1. The van der Waals surface area contributed by atoms with Crippen LogP contribution in [-0.2, 0) is 6.54 Å². The molecule has 0 aliphatic rings. The SMILES string of the molecule is CCCN(Cc1ccc(F)cc1)c1cc(N)cc(Br)n1. The van der Waals surface area contributed by atoms with Crippen LogP contribution >= 0.6 is 15.9 Å². The molecule has 0 saturated heterocycles. The average Bonchev–Trinajstić information content (AvgIpc) is 2.39. The lowest BCUT2D eigenvalue weighted by Gasteiger charge is -2.23. The van der Waals surface area contributed by atoms with E-state index in [-0.39, 0.29) is 5.82 Å². The predicted octanol–water partition coefficient (Wildman–Crippen LogP) is 3.98. The van der Waals surface area contributed by atoms with E-state index in [0.29, 0.717) is 16.8 Å². The molecule has 2 aromatic rings. The molecule has 0 aliphatic heterocycles. The van der Waals surface area contributed by atoms with Gasteiger partial charge in [0.2, 0.25) is 0 Å². The second kappa shape index (κ2) is 6.70. The lowest BCUT2D eigenvalue weighted by molar-refractivity contribution is 0.626. The molecule has 0 unspecified atom stereocenters. The van der Waals surface area contributed by atoms with Gasteiger partial charge in [-0.2, -0.15) is 0 Å². The molecule has 0 bridgehead atoms. The van der Waals surface area contributed by atoms with E-state index in [1.165, 1.54) is 12.1 Å². The van der Waals surface area contributed by atoms with E-state index >= 15 is 0 Å². The molecule has 1 heterocycles. The topological polar surface area (TPSA) is 42.1 Å². The number of nitrogen functional groups attached to an aromatic ring is 1. The summed E-state index contributed by atoms with van der Waals surface area (Å²) in [6, 6.07) is 10.2. The van der Waals surface area contributed by atoms with Crippen LogP contribution in [0.3, 0.4) is 0 Å². The highest BCUT2D eigenvalue weighted by Crippen LogP contribution is 2.22. The van der Waals surface area contributed by atoms with E-state index in [4.69, 9.17) is 5.73 Å². The molecule has 0 atom stereocenters. The van der Waals surface area contributed by atoms with Crippen LogP contribution in [0.2, 0.25) is 0 Å². The zero-order valence-electron chi connectivity index (χ0n) is 11.3. The van der Waals surface area contributed by atoms with Crippen molar-refractivity contribution in [3.05, 3.63) is 52.4 Å². The maximum atomic E-state index is 13.0. The minimum atomic E-state index is -0.222. The molecule has 20 heavy (non-hydrogen) atoms. The minimum absolute atomic E-state index is 0.222. The highest BCUT2D eigenvalue weighted by molar-refractivity contribution is 9.10. The number of anilines is 2. The van der Waals surface area contributed by atoms with Gasteiger partial charge in [-0.05, 0) is 46.1 Å². The largest absolute Gasteiger partial charge is 0.399 e. The van der Waals surface area contributed by atoms with E-state index < -0.39 is 0 Å². The Hall–Kier alpha value is -1.62. The van der Waals surface area contributed by atoms with Crippen molar-refractivity contribution in [2.24, 2.45) is 0 Å². The van der Waals surface area contributed by atoms with E-state index in [9.17, 15) is 4.39 Å². The van der Waals surface area contributed by atoms with Gasteiger partial charge >= 0.3 is 0 Å². The van der Waals surface area contributed by atoms with Gasteiger partial charge in [-0.25, -0.2) is 9.37 Å². The summed E-state index contributed by atoms with van der Waals surface area (Å²) in [5.41, 5.74) is 7.57. The summed E-state index contributed by atoms with van der Waals surface area (Å²) in [6.45, 7) is 3.65. The van der Waals surface area contributed by atoms with Crippen LogP contribution in [0, 0.1) is 5.82 Å². The number of nitrogens with zero attached hydrogens (tertiary/aromatic N) is 2. The molecule has 5 heteroatoms. The summed E-state index contributed by atoms with van der Waals surface area (Å²) < 4.78 is 13.7. The number of hydrogen-bond donors (Lipinski definition) is 1. The van der Waals surface area contributed by atoms with Crippen LogP contribution in [0.15, 0.2) is 41.0 Å². The van der Waals surface area contributed by atoms with Crippen molar-refractivity contribution < 1.29 is 4.39 Å². The summed E-state index contributed by atoms with van der Waals surface area (Å²) in [5.74, 6) is 0.601. The zero-order chi connectivity index (χ0) is 14.5. The Balaban J connectivity index is 2.23. The van der Waals surface area contributed by atoms with Crippen molar-refractivity contribution in [2.75, 3.05) is 17.2 Å². The Kier molecular flexibility index (Phi) is 4.95. The fourth-order valence-corrected chi connectivity index (χ4v) is 2.46. The molecule has 0 saturated carbocycles. The van der Waals surface area contributed by atoms with Crippen molar-refractivity contribution in [2.45, 2.75) is 19.9 Å². The quantitative estimate of drug-likeness (QED) is 0.839.